The smallest absolute Gasteiger partial charge is 0.303 e. The van der Waals surface area contributed by atoms with Crippen molar-refractivity contribution in [2.45, 2.75) is 18.9 Å². The highest BCUT2D eigenvalue weighted by Crippen LogP contribution is 1.95. The van der Waals surface area contributed by atoms with Crippen LogP contribution in [0, 0.1) is 0 Å². The Morgan fingerprint density at radius 1 is 1.78 bits per heavy atom. The zero-order valence-corrected chi connectivity index (χ0v) is 5.77. The molecule has 0 spiro atoms. The van der Waals surface area contributed by atoms with Gasteiger partial charge in [0.1, 0.15) is 0 Å². The summed E-state index contributed by atoms with van der Waals surface area (Å²) in [7, 11) is 0. The summed E-state index contributed by atoms with van der Waals surface area (Å²) in [6.45, 7) is 0. The van der Waals surface area contributed by atoms with E-state index < -0.39 is 5.97 Å². The van der Waals surface area contributed by atoms with E-state index in [1.54, 1.807) is 0 Å². The van der Waals surface area contributed by atoms with Crippen LogP contribution in [0.5, 0.6) is 0 Å². The predicted molar refractivity (Wildman–Crippen MR) is 35.6 cm³/mol. The highest BCUT2D eigenvalue weighted by molar-refractivity contribution is 6.18. The predicted octanol–water partition coefficient (Wildman–Crippen LogP) is 0.417. The third-order valence-corrected chi connectivity index (χ3v) is 1.32. The van der Waals surface area contributed by atoms with E-state index in [9.17, 15) is 4.79 Å². The summed E-state index contributed by atoms with van der Waals surface area (Å²) >= 11 is 5.32. The number of hydrogen-bond acceptors (Lipinski definition) is 2. The van der Waals surface area contributed by atoms with Crippen LogP contribution in [0.25, 0.3) is 0 Å². The third-order valence-electron chi connectivity index (χ3n) is 0.927. The average molecular weight is 152 g/mol. The van der Waals surface area contributed by atoms with Gasteiger partial charge in [0.25, 0.3) is 0 Å². The van der Waals surface area contributed by atoms with Gasteiger partial charge in [-0.1, -0.05) is 0 Å². The molecule has 9 heavy (non-hydrogen) atoms. The van der Waals surface area contributed by atoms with E-state index in [1.807, 2.05) is 0 Å². The van der Waals surface area contributed by atoms with E-state index in [4.69, 9.17) is 22.4 Å². The number of carboxylic acids is 1. The minimum absolute atomic E-state index is 0.105. The zero-order valence-electron chi connectivity index (χ0n) is 5.01. The molecule has 0 aliphatic heterocycles. The lowest BCUT2D eigenvalue weighted by molar-refractivity contribution is -0.137. The molecule has 3 N–H and O–H groups in total. The molecule has 0 radical (unpaired) electrons. The number of halogens is 1. The van der Waals surface area contributed by atoms with Crippen LogP contribution in [0.1, 0.15) is 12.8 Å². The third kappa shape index (κ3) is 5.59. The summed E-state index contributed by atoms with van der Waals surface area (Å²) in [6, 6.07) is -0.178. The van der Waals surface area contributed by atoms with E-state index in [0.29, 0.717) is 12.3 Å². The van der Waals surface area contributed by atoms with Crippen LogP contribution in [0.15, 0.2) is 0 Å². The summed E-state index contributed by atoms with van der Waals surface area (Å²) in [5.41, 5.74) is 5.33. The van der Waals surface area contributed by atoms with Crippen molar-refractivity contribution in [2.75, 3.05) is 5.88 Å². The van der Waals surface area contributed by atoms with Crippen LogP contribution < -0.4 is 5.73 Å². The highest BCUT2D eigenvalue weighted by Gasteiger charge is 2.02. The number of rotatable bonds is 4. The maximum absolute atomic E-state index is 9.92. The van der Waals surface area contributed by atoms with E-state index in [2.05, 4.69) is 0 Å². The molecule has 1 atom stereocenters. The standard InChI is InChI=1S/C5H10ClNO2/c6-3-4(7)1-2-5(8)9/h4H,1-3,7H2,(H,8,9). The minimum atomic E-state index is -0.824. The monoisotopic (exact) mass is 151 g/mol. The second-order valence-corrected chi connectivity index (χ2v) is 2.16. The van der Waals surface area contributed by atoms with E-state index in [1.165, 1.54) is 0 Å². The lowest BCUT2D eigenvalue weighted by Crippen LogP contribution is -2.22. The maximum Gasteiger partial charge on any atom is 0.303 e. The molecule has 0 aromatic heterocycles. The average Bonchev–Trinajstić information content (AvgIpc) is 1.83. The summed E-state index contributed by atoms with van der Waals surface area (Å²) < 4.78 is 0. The molecule has 3 nitrogen and oxygen atoms in total. The first kappa shape index (κ1) is 8.72. The van der Waals surface area contributed by atoms with Crippen molar-refractivity contribution >= 4 is 17.6 Å². The Labute approximate surface area is 58.8 Å². The molecular formula is C5H10ClNO2. The molecular weight excluding hydrogens is 142 g/mol. The molecule has 0 saturated heterocycles. The van der Waals surface area contributed by atoms with E-state index in [-0.39, 0.29) is 12.5 Å². The van der Waals surface area contributed by atoms with Gasteiger partial charge in [-0.15, -0.1) is 11.6 Å². The quantitative estimate of drug-likeness (QED) is 0.573. The maximum atomic E-state index is 9.92. The summed E-state index contributed by atoms with van der Waals surface area (Å²) in [4.78, 5) is 9.92. The first-order valence-corrected chi connectivity index (χ1v) is 3.23. The van der Waals surface area contributed by atoms with E-state index >= 15 is 0 Å². The Bertz CT molecular complexity index is 97.0. The van der Waals surface area contributed by atoms with Crippen molar-refractivity contribution in [1.82, 2.24) is 0 Å². The van der Waals surface area contributed by atoms with Crippen LogP contribution in [0.2, 0.25) is 0 Å². The first-order chi connectivity index (χ1) is 4.16. The van der Waals surface area contributed by atoms with Gasteiger partial charge in [0, 0.05) is 18.3 Å². The molecule has 0 amide bonds. The lowest BCUT2D eigenvalue weighted by atomic mass is 10.2. The lowest BCUT2D eigenvalue weighted by Gasteiger charge is -2.02. The molecule has 0 aromatic carbocycles. The number of nitrogens with two attached hydrogens (primary N) is 1. The van der Waals surface area contributed by atoms with Gasteiger partial charge in [0.15, 0.2) is 0 Å². The fourth-order valence-electron chi connectivity index (χ4n) is 0.386. The fraction of sp³-hybridized carbons (Fsp3) is 0.800. The van der Waals surface area contributed by atoms with Crippen molar-refractivity contribution in [1.29, 1.82) is 0 Å². The van der Waals surface area contributed by atoms with Crippen LogP contribution >= 0.6 is 11.6 Å². The van der Waals surface area contributed by atoms with Gasteiger partial charge >= 0.3 is 5.97 Å². The van der Waals surface area contributed by atoms with E-state index in [0.717, 1.165) is 0 Å². The van der Waals surface area contributed by atoms with Crippen LogP contribution in [0.3, 0.4) is 0 Å². The van der Waals surface area contributed by atoms with Gasteiger partial charge in [0.05, 0.1) is 0 Å². The number of carbonyl (C=O) groups is 1. The molecule has 0 aliphatic rings. The highest BCUT2D eigenvalue weighted by atomic mass is 35.5. The van der Waals surface area contributed by atoms with Crippen LogP contribution in [0.4, 0.5) is 0 Å². The van der Waals surface area contributed by atoms with Gasteiger partial charge in [-0.3, -0.25) is 4.79 Å². The summed E-state index contributed by atoms with van der Waals surface area (Å²) in [5.74, 6) is -0.497. The fourth-order valence-corrected chi connectivity index (χ4v) is 0.540. The Morgan fingerprint density at radius 2 is 2.33 bits per heavy atom. The second-order valence-electron chi connectivity index (χ2n) is 1.85. The molecule has 54 valence electrons. The summed E-state index contributed by atoms with van der Waals surface area (Å²) in [5, 5.41) is 8.16. The van der Waals surface area contributed by atoms with Gasteiger partial charge in [-0.25, -0.2) is 0 Å². The zero-order chi connectivity index (χ0) is 7.28. The molecule has 0 aromatic rings. The van der Waals surface area contributed by atoms with Gasteiger partial charge in [0.2, 0.25) is 0 Å². The molecule has 0 rings (SSSR count). The Kier molecular flexibility index (Phi) is 4.44. The van der Waals surface area contributed by atoms with Gasteiger partial charge in [-0.2, -0.15) is 0 Å². The molecule has 4 heteroatoms. The van der Waals surface area contributed by atoms with Crippen molar-refractivity contribution in [2.24, 2.45) is 5.73 Å². The largest absolute Gasteiger partial charge is 0.481 e. The van der Waals surface area contributed by atoms with Gasteiger partial charge in [-0.05, 0) is 6.42 Å². The number of hydrogen-bond donors (Lipinski definition) is 2. The normalized spacial score (nSPS) is 13.1. The van der Waals surface area contributed by atoms with Crippen LogP contribution in [-0.4, -0.2) is 23.0 Å². The molecule has 0 aliphatic carbocycles. The number of carboxylic acid groups (broad SMARTS) is 1. The molecule has 0 heterocycles. The molecule has 0 saturated carbocycles. The molecule has 1 unspecified atom stereocenters. The Morgan fingerprint density at radius 3 is 2.67 bits per heavy atom. The second kappa shape index (κ2) is 4.58. The Balaban J connectivity index is 3.16. The van der Waals surface area contributed by atoms with Crippen LogP contribution in [-0.2, 0) is 4.79 Å². The number of aliphatic carboxylic acids is 1. The minimum Gasteiger partial charge on any atom is -0.481 e. The topological polar surface area (TPSA) is 63.3 Å². The Hall–Kier alpha value is -0.280. The van der Waals surface area contributed by atoms with Gasteiger partial charge < -0.3 is 10.8 Å². The molecule has 0 bridgehead atoms. The SMILES string of the molecule is NC(CCl)CCC(=O)O. The number of alkyl halides is 1. The summed E-state index contributed by atoms with van der Waals surface area (Å²) in [6.07, 6.45) is 0.562. The van der Waals surface area contributed by atoms with Crippen molar-refractivity contribution in [3.05, 3.63) is 0 Å². The molecule has 0 fully saturated rings. The van der Waals surface area contributed by atoms with Crippen molar-refractivity contribution < 1.29 is 9.90 Å². The van der Waals surface area contributed by atoms with Crippen molar-refractivity contribution in [3.8, 4) is 0 Å². The first-order valence-electron chi connectivity index (χ1n) is 2.70. The van der Waals surface area contributed by atoms with Crippen molar-refractivity contribution in [3.63, 3.8) is 0 Å².